The van der Waals surface area contributed by atoms with E-state index < -0.39 is 11.9 Å². The highest BCUT2D eigenvalue weighted by molar-refractivity contribution is 5.87. The number of rotatable bonds is 4. The van der Waals surface area contributed by atoms with Gasteiger partial charge in [-0.15, -0.1) is 5.06 Å². The van der Waals surface area contributed by atoms with Crippen LogP contribution in [0.15, 0.2) is 24.3 Å². The number of nitrogens with zero attached hydrogens (tertiary/aromatic N) is 2. The van der Waals surface area contributed by atoms with E-state index in [0.29, 0.717) is 5.75 Å². The number of hydroxylamine groups is 4. The Morgan fingerprint density at radius 1 is 1.33 bits per heavy atom. The van der Waals surface area contributed by atoms with Gasteiger partial charge < -0.3 is 10.5 Å². The maximum Gasteiger partial charge on any atom is 0.272 e. The Bertz CT molecular complexity index is 489. The lowest BCUT2D eigenvalue weighted by molar-refractivity contribution is -0.259. The van der Waals surface area contributed by atoms with Crippen LogP contribution in [0.3, 0.4) is 0 Å². The molecule has 7 nitrogen and oxygen atoms in total. The molecule has 2 N–H and O–H groups in total. The maximum atomic E-state index is 12.1. The van der Waals surface area contributed by atoms with Crippen molar-refractivity contribution in [2.45, 2.75) is 19.9 Å². The summed E-state index contributed by atoms with van der Waals surface area (Å²) in [6.45, 7) is 3.73. The second-order valence-corrected chi connectivity index (χ2v) is 4.14. The van der Waals surface area contributed by atoms with Crippen LogP contribution < -0.4 is 10.5 Å². The largest absolute Gasteiger partial charge is 0.497 e. The maximum absolute atomic E-state index is 12.1. The van der Waals surface area contributed by atoms with E-state index in [1.807, 2.05) is 13.8 Å². The summed E-state index contributed by atoms with van der Waals surface area (Å²) >= 11 is 0. The topological polar surface area (TPSA) is 85.1 Å². The zero-order valence-electron chi connectivity index (χ0n) is 12.7. The van der Waals surface area contributed by atoms with Crippen molar-refractivity contribution >= 4 is 11.8 Å². The minimum absolute atomic E-state index is 0.268. The Morgan fingerprint density at radius 2 is 1.90 bits per heavy atom. The van der Waals surface area contributed by atoms with Crippen molar-refractivity contribution in [3.05, 3.63) is 29.8 Å². The highest BCUT2D eigenvalue weighted by Gasteiger charge is 2.39. The monoisotopic (exact) mass is 295 g/mol. The molecule has 0 spiro atoms. The predicted molar refractivity (Wildman–Crippen MR) is 76.8 cm³/mol. The third kappa shape index (κ3) is 3.93. The van der Waals surface area contributed by atoms with Crippen molar-refractivity contribution in [1.29, 1.82) is 0 Å². The first-order chi connectivity index (χ1) is 10.0. The lowest BCUT2D eigenvalue weighted by atomic mass is 10.1. The molecule has 1 atom stereocenters. The zero-order valence-corrected chi connectivity index (χ0v) is 12.7. The van der Waals surface area contributed by atoms with Gasteiger partial charge in [0.1, 0.15) is 18.3 Å². The molecule has 116 valence electrons. The molecule has 7 heteroatoms. The number of benzene rings is 1. The van der Waals surface area contributed by atoms with Gasteiger partial charge in [-0.3, -0.25) is 9.59 Å². The van der Waals surface area contributed by atoms with Gasteiger partial charge in [-0.25, -0.2) is 0 Å². The number of primary amides is 1. The van der Waals surface area contributed by atoms with Gasteiger partial charge in [0.15, 0.2) is 0 Å². The van der Waals surface area contributed by atoms with Crippen molar-refractivity contribution in [3.8, 4) is 5.75 Å². The zero-order chi connectivity index (χ0) is 16.0. The van der Waals surface area contributed by atoms with Crippen LogP contribution in [0, 0.1) is 0 Å². The number of methoxy groups -OCH3 is 1. The van der Waals surface area contributed by atoms with Crippen LogP contribution in [0.4, 0.5) is 0 Å². The average Bonchev–Trinajstić information content (AvgIpc) is 2.75. The van der Waals surface area contributed by atoms with E-state index in [0.717, 1.165) is 10.6 Å². The summed E-state index contributed by atoms with van der Waals surface area (Å²) in [4.78, 5) is 28.2. The van der Waals surface area contributed by atoms with Crippen molar-refractivity contribution in [2.24, 2.45) is 5.73 Å². The van der Waals surface area contributed by atoms with Gasteiger partial charge in [0, 0.05) is 7.05 Å². The van der Waals surface area contributed by atoms with Crippen molar-refractivity contribution in [2.75, 3.05) is 20.7 Å². The van der Waals surface area contributed by atoms with E-state index in [2.05, 4.69) is 0 Å². The number of hydrogen-bond donors (Lipinski definition) is 1. The third-order valence-electron chi connectivity index (χ3n) is 2.80. The van der Waals surface area contributed by atoms with Gasteiger partial charge >= 0.3 is 0 Å². The van der Waals surface area contributed by atoms with E-state index in [1.54, 1.807) is 38.4 Å². The normalized spacial score (nSPS) is 18.2. The Balaban J connectivity index is 0.00000106. The molecule has 1 saturated heterocycles. The molecular formula is C14H21N3O4. The molecule has 21 heavy (non-hydrogen) atoms. The fraction of sp³-hybridized carbons (Fsp3) is 0.429. The molecular weight excluding hydrogens is 274 g/mol. The number of carbonyl (C=O) groups excluding carboxylic acids is 2. The SMILES string of the molecule is CC.COc1ccc(C2C(=O)N(CC(N)=O)ON2C)cc1. The highest BCUT2D eigenvalue weighted by atomic mass is 16.9. The summed E-state index contributed by atoms with van der Waals surface area (Å²) in [5, 5.41) is 2.34. The Hall–Kier alpha value is -2.12. The molecule has 0 radical (unpaired) electrons. The van der Waals surface area contributed by atoms with E-state index in [1.165, 1.54) is 5.06 Å². The van der Waals surface area contributed by atoms with Gasteiger partial charge in [-0.2, -0.15) is 10.0 Å². The number of likely N-dealkylation sites (N-methyl/N-ethyl adjacent to an activating group) is 1. The van der Waals surface area contributed by atoms with Crippen LogP contribution in [0.2, 0.25) is 0 Å². The lowest BCUT2D eigenvalue weighted by Crippen LogP contribution is -2.34. The molecule has 0 aliphatic carbocycles. The van der Waals surface area contributed by atoms with E-state index in [-0.39, 0.29) is 12.5 Å². The molecule has 1 unspecified atom stereocenters. The van der Waals surface area contributed by atoms with E-state index in [9.17, 15) is 9.59 Å². The Morgan fingerprint density at radius 3 is 2.38 bits per heavy atom. The first kappa shape index (κ1) is 16.9. The van der Waals surface area contributed by atoms with Gasteiger partial charge in [0.25, 0.3) is 5.91 Å². The fourth-order valence-corrected chi connectivity index (χ4v) is 1.92. The molecule has 0 aromatic heterocycles. The van der Waals surface area contributed by atoms with E-state index >= 15 is 0 Å². The summed E-state index contributed by atoms with van der Waals surface area (Å²) in [5.41, 5.74) is 5.80. The molecule has 1 aliphatic rings. The molecule has 1 aromatic rings. The quantitative estimate of drug-likeness (QED) is 0.891. The van der Waals surface area contributed by atoms with E-state index in [4.69, 9.17) is 15.4 Å². The minimum atomic E-state index is -0.628. The molecule has 1 aliphatic heterocycles. The minimum Gasteiger partial charge on any atom is -0.497 e. The lowest BCUT2D eigenvalue weighted by Gasteiger charge is -2.13. The van der Waals surface area contributed by atoms with Crippen molar-refractivity contribution in [3.63, 3.8) is 0 Å². The average molecular weight is 295 g/mol. The fourth-order valence-electron chi connectivity index (χ4n) is 1.92. The van der Waals surface area contributed by atoms with Crippen molar-refractivity contribution < 1.29 is 19.3 Å². The number of hydrogen-bond acceptors (Lipinski definition) is 5. The van der Waals surface area contributed by atoms with Crippen molar-refractivity contribution in [1.82, 2.24) is 10.1 Å². The second-order valence-electron chi connectivity index (χ2n) is 4.14. The summed E-state index contributed by atoms with van der Waals surface area (Å²) in [6.07, 6.45) is 0. The van der Waals surface area contributed by atoms with Crippen LogP contribution in [-0.4, -0.2) is 42.6 Å². The molecule has 2 rings (SSSR count). The van der Waals surface area contributed by atoms with Crippen LogP contribution in [0.25, 0.3) is 0 Å². The summed E-state index contributed by atoms with van der Waals surface area (Å²) in [6, 6.07) is 6.47. The molecule has 1 aromatic carbocycles. The highest BCUT2D eigenvalue weighted by Crippen LogP contribution is 2.29. The number of carbonyl (C=O) groups is 2. The number of nitrogens with two attached hydrogens (primary N) is 1. The molecule has 1 fully saturated rings. The summed E-state index contributed by atoms with van der Waals surface area (Å²) < 4.78 is 5.06. The molecule has 1 heterocycles. The smallest absolute Gasteiger partial charge is 0.272 e. The van der Waals surface area contributed by atoms with Crippen LogP contribution in [0.1, 0.15) is 25.5 Å². The first-order valence-corrected chi connectivity index (χ1v) is 6.67. The predicted octanol–water partition coefficient (Wildman–Crippen LogP) is 0.868. The second kappa shape index (κ2) is 7.61. The van der Waals surface area contributed by atoms with Crippen LogP contribution in [0.5, 0.6) is 5.75 Å². The van der Waals surface area contributed by atoms with Crippen LogP contribution >= 0.6 is 0 Å². The van der Waals surface area contributed by atoms with Crippen LogP contribution in [-0.2, 0) is 14.5 Å². The summed E-state index contributed by atoms with van der Waals surface area (Å²) in [5.74, 6) is -0.254. The molecule has 2 amide bonds. The van der Waals surface area contributed by atoms with Gasteiger partial charge in [0.2, 0.25) is 5.91 Å². The molecule has 0 saturated carbocycles. The number of amides is 2. The summed E-state index contributed by atoms with van der Waals surface area (Å²) in [7, 11) is 3.19. The first-order valence-electron chi connectivity index (χ1n) is 6.67. The third-order valence-corrected chi connectivity index (χ3v) is 2.80. The van der Waals surface area contributed by atoms with Gasteiger partial charge in [-0.05, 0) is 17.7 Å². The Labute approximate surface area is 124 Å². The standard InChI is InChI=1S/C12H15N3O4.C2H6/c1-14-11(8-3-5-9(18-2)6-4-8)12(17)15(19-14)7-10(13)16;1-2/h3-6,11H,7H2,1-2H3,(H2,13,16);1-2H3. The molecule has 0 bridgehead atoms. The van der Waals surface area contributed by atoms with Gasteiger partial charge in [-0.1, -0.05) is 26.0 Å². The Kier molecular flexibility index (Phi) is 6.13. The number of ether oxygens (including phenoxy) is 1. The van der Waals surface area contributed by atoms with Gasteiger partial charge in [0.05, 0.1) is 7.11 Å².